The van der Waals surface area contributed by atoms with Crippen LogP contribution in [0.1, 0.15) is 41.3 Å². The fraction of sp³-hybridized carbons (Fsp3) is 0.300. The summed E-state index contributed by atoms with van der Waals surface area (Å²) in [6, 6.07) is 10.6. The Bertz CT molecular complexity index is 817. The smallest absolute Gasteiger partial charge is 0.339 e. The van der Waals surface area contributed by atoms with E-state index >= 15 is 0 Å². The maximum atomic E-state index is 12.3. The van der Waals surface area contributed by atoms with Gasteiger partial charge in [-0.25, -0.2) is 4.79 Å². The van der Waals surface area contributed by atoms with E-state index in [1.54, 1.807) is 24.3 Å². The van der Waals surface area contributed by atoms with Crippen molar-refractivity contribution < 1.29 is 19.1 Å². The molecule has 0 aliphatic heterocycles. The third kappa shape index (κ3) is 4.85. The third-order valence-corrected chi connectivity index (χ3v) is 4.73. The number of nitrogens with one attached hydrogen (secondary N) is 1. The molecule has 0 unspecified atom stereocenters. The zero-order valence-electron chi connectivity index (χ0n) is 15.3. The van der Waals surface area contributed by atoms with Crippen LogP contribution in [0.25, 0.3) is 0 Å². The molecule has 0 aliphatic carbocycles. The quantitative estimate of drug-likeness (QED) is 0.689. The van der Waals surface area contributed by atoms with E-state index in [1.807, 2.05) is 19.1 Å². The molecule has 0 atom stereocenters. The second-order valence-electron chi connectivity index (χ2n) is 6.17. The molecule has 2 aromatic rings. The third-order valence-electron chi connectivity index (χ3n) is 3.88. The maximum Gasteiger partial charge on any atom is 0.339 e. The van der Waals surface area contributed by atoms with Crippen LogP contribution in [0.2, 0.25) is 0 Å². The molecule has 0 saturated carbocycles. The first kappa shape index (κ1) is 20.0. The summed E-state index contributed by atoms with van der Waals surface area (Å²) in [6.07, 6.45) is 0. The van der Waals surface area contributed by atoms with Gasteiger partial charge >= 0.3 is 5.97 Å². The van der Waals surface area contributed by atoms with E-state index in [0.29, 0.717) is 17.0 Å². The summed E-state index contributed by atoms with van der Waals surface area (Å²) >= 11 is 3.52. The topological polar surface area (TPSA) is 64.6 Å². The highest BCUT2D eigenvalue weighted by molar-refractivity contribution is 9.10. The van der Waals surface area contributed by atoms with Crippen LogP contribution in [0.5, 0.6) is 5.75 Å². The Hall–Kier alpha value is -2.34. The first-order valence-corrected chi connectivity index (χ1v) is 9.02. The summed E-state index contributed by atoms with van der Waals surface area (Å²) in [5.74, 6) is 0.0752. The summed E-state index contributed by atoms with van der Waals surface area (Å²) in [7, 11) is 1.30. The molecule has 6 heteroatoms. The molecule has 1 amide bonds. The van der Waals surface area contributed by atoms with Crippen molar-refractivity contribution in [3.05, 3.63) is 57.6 Å². The molecule has 0 bridgehead atoms. The standard InChI is InChI=1S/C20H22BrNO4/c1-12(2)15-10-16(21)13(3)9-18(15)26-11-19(23)22-17-8-6-5-7-14(17)20(24)25-4/h5-10,12H,11H2,1-4H3,(H,22,23). The number of carbonyl (C=O) groups is 2. The Labute approximate surface area is 161 Å². The van der Waals surface area contributed by atoms with Crippen molar-refractivity contribution in [1.29, 1.82) is 0 Å². The molecule has 1 N–H and O–H groups in total. The van der Waals surface area contributed by atoms with E-state index in [0.717, 1.165) is 15.6 Å². The van der Waals surface area contributed by atoms with Gasteiger partial charge in [0.05, 0.1) is 18.4 Å². The molecule has 0 spiro atoms. The number of hydrogen-bond donors (Lipinski definition) is 1. The minimum absolute atomic E-state index is 0.156. The number of anilines is 1. The molecule has 2 rings (SSSR count). The van der Waals surface area contributed by atoms with E-state index in [9.17, 15) is 9.59 Å². The first-order valence-electron chi connectivity index (χ1n) is 8.23. The van der Waals surface area contributed by atoms with Crippen LogP contribution in [0.4, 0.5) is 5.69 Å². The van der Waals surface area contributed by atoms with Crippen molar-refractivity contribution in [2.24, 2.45) is 0 Å². The number of carbonyl (C=O) groups excluding carboxylic acids is 2. The van der Waals surface area contributed by atoms with Gasteiger partial charge in [0.25, 0.3) is 5.91 Å². The first-order chi connectivity index (χ1) is 12.3. The number of hydrogen-bond acceptors (Lipinski definition) is 4. The Balaban J connectivity index is 2.11. The number of benzene rings is 2. The zero-order chi connectivity index (χ0) is 19.3. The number of aryl methyl sites for hydroxylation is 1. The zero-order valence-corrected chi connectivity index (χ0v) is 16.8. The van der Waals surface area contributed by atoms with Gasteiger partial charge in [-0.05, 0) is 48.2 Å². The number of esters is 1. The number of amides is 1. The molecule has 0 aromatic heterocycles. The highest BCUT2D eigenvalue weighted by Gasteiger charge is 2.15. The molecule has 0 aliphatic rings. The summed E-state index contributed by atoms with van der Waals surface area (Å²) in [5.41, 5.74) is 2.74. The molecule has 0 heterocycles. The van der Waals surface area contributed by atoms with E-state index in [-0.39, 0.29) is 18.4 Å². The largest absolute Gasteiger partial charge is 0.483 e. The lowest BCUT2D eigenvalue weighted by Crippen LogP contribution is -2.22. The lowest BCUT2D eigenvalue weighted by atomic mass is 10.0. The van der Waals surface area contributed by atoms with Crippen LogP contribution in [0.3, 0.4) is 0 Å². The Morgan fingerprint density at radius 2 is 1.88 bits per heavy atom. The summed E-state index contributed by atoms with van der Waals surface area (Å²) in [4.78, 5) is 24.1. The van der Waals surface area contributed by atoms with Crippen molar-refractivity contribution in [2.75, 3.05) is 19.0 Å². The second-order valence-corrected chi connectivity index (χ2v) is 7.02. The number of halogens is 1. The molecule has 5 nitrogen and oxygen atoms in total. The number of para-hydroxylation sites is 1. The van der Waals surface area contributed by atoms with Crippen molar-refractivity contribution in [2.45, 2.75) is 26.7 Å². The molecule has 26 heavy (non-hydrogen) atoms. The molecule has 138 valence electrons. The fourth-order valence-corrected chi connectivity index (χ4v) is 2.82. The van der Waals surface area contributed by atoms with Gasteiger partial charge in [-0.1, -0.05) is 41.9 Å². The van der Waals surface area contributed by atoms with Gasteiger partial charge in [0.15, 0.2) is 6.61 Å². The minimum Gasteiger partial charge on any atom is -0.483 e. The SMILES string of the molecule is COC(=O)c1ccccc1NC(=O)COc1cc(C)c(Br)cc1C(C)C. The molecular weight excluding hydrogens is 398 g/mol. The lowest BCUT2D eigenvalue weighted by molar-refractivity contribution is -0.118. The Morgan fingerprint density at radius 1 is 1.19 bits per heavy atom. The van der Waals surface area contributed by atoms with E-state index < -0.39 is 5.97 Å². The lowest BCUT2D eigenvalue weighted by Gasteiger charge is -2.16. The fourth-order valence-electron chi connectivity index (χ4n) is 2.46. The van der Waals surface area contributed by atoms with Gasteiger partial charge in [-0.15, -0.1) is 0 Å². The van der Waals surface area contributed by atoms with Gasteiger partial charge in [-0.3, -0.25) is 4.79 Å². The van der Waals surface area contributed by atoms with Crippen molar-refractivity contribution >= 4 is 33.5 Å². The molecule has 0 saturated heterocycles. The van der Waals surface area contributed by atoms with Crippen LogP contribution in [-0.2, 0) is 9.53 Å². The normalized spacial score (nSPS) is 10.5. The predicted octanol–water partition coefficient (Wildman–Crippen LogP) is 4.69. The second kappa shape index (κ2) is 8.85. The average Bonchev–Trinajstić information content (AvgIpc) is 2.62. The van der Waals surface area contributed by atoms with Gasteiger partial charge < -0.3 is 14.8 Å². The van der Waals surface area contributed by atoms with Gasteiger partial charge in [0, 0.05) is 4.47 Å². The van der Waals surface area contributed by atoms with Gasteiger partial charge in [0.2, 0.25) is 0 Å². The summed E-state index contributed by atoms with van der Waals surface area (Å²) in [6.45, 7) is 5.94. The number of rotatable bonds is 6. The molecule has 0 radical (unpaired) electrons. The van der Waals surface area contributed by atoms with Crippen molar-refractivity contribution in [3.8, 4) is 5.75 Å². The highest BCUT2D eigenvalue weighted by atomic mass is 79.9. The van der Waals surface area contributed by atoms with Crippen LogP contribution in [0.15, 0.2) is 40.9 Å². The Morgan fingerprint density at radius 3 is 2.54 bits per heavy atom. The highest BCUT2D eigenvalue weighted by Crippen LogP contribution is 2.32. The van der Waals surface area contributed by atoms with Crippen LogP contribution >= 0.6 is 15.9 Å². The van der Waals surface area contributed by atoms with Crippen molar-refractivity contribution in [3.63, 3.8) is 0 Å². The number of methoxy groups -OCH3 is 1. The average molecular weight is 420 g/mol. The summed E-state index contributed by atoms with van der Waals surface area (Å²) in [5, 5.41) is 2.70. The Kier molecular flexibility index (Phi) is 6.80. The maximum absolute atomic E-state index is 12.3. The number of ether oxygens (including phenoxy) is 2. The van der Waals surface area contributed by atoms with Crippen LogP contribution in [0, 0.1) is 6.92 Å². The monoisotopic (exact) mass is 419 g/mol. The molecule has 0 fully saturated rings. The predicted molar refractivity (Wildman–Crippen MR) is 105 cm³/mol. The van der Waals surface area contributed by atoms with Gasteiger partial charge in [-0.2, -0.15) is 0 Å². The van der Waals surface area contributed by atoms with Crippen molar-refractivity contribution in [1.82, 2.24) is 0 Å². The molecule has 2 aromatic carbocycles. The van der Waals surface area contributed by atoms with E-state index in [2.05, 4.69) is 35.1 Å². The van der Waals surface area contributed by atoms with Gasteiger partial charge in [0.1, 0.15) is 5.75 Å². The van der Waals surface area contributed by atoms with E-state index in [1.165, 1.54) is 7.11 Å². The van der Waals surface area contributed by atoms with Crippen LogP contribution in [-0.4, -0.2) is 25.6 Å². The minimum atomic E-state index is -0.507. The summed E-state index contributed by atoms with van der Waals surface area (Å²) < 4.78 is 11.5. The molecular formula is C20H22BrNO4. The van der Waals surface area contributed by atoms with Crippen LogP contribution < -0.4 is 10.1 Å². The van der Waals surface area contributed by atoms with E-state index in [4.69, 9.17) is 9.47 Å².